The number of halogens is 1. The first-order chi connectivity index (χ1) is 15.0. The van der Waals surface area contributed by atoms with Gasteiger partial charge >= 0.3 is 0 Å². The van der Waals surface area contributed by atoms with Gasteiger partial charge in [0.2, 0.25) is 0 Å². The third kappa shape index (κ3) is 6.03. The maximum absolute atomic E-state index is 2.69. The molecule has 0 aromatic heterocycles. The highest BCUT2D eigenvalue weighted by Gasteiger charge is 2.28. The maximum atomic E-state index is 2.69. The summed E-state index contributed by atoms with van der Waals surface area (Å²) in [4.78, 5) is 7.95. The maximum Gasteiger partial charge on any atom is 0.0464 e. The molecule has 180 valence electrons. The second-order valence-corrected chi connectivity index (χ2v) is 11.1. The number of benzene rings is 1. The van der Waals surface area contributed by atoms with Crippen molar-refractivity contribution in [1.82, 2.24) is 4.90 Å². The first-order valence-corrected chi connectivity index (χ1v) is 13.0. The van der Waals surface area contributed by atoms with Crippen molar-refractivity contribution in [3.8, 4) is 0 Å². The molecule has 2 aliphatic heterocycles. The summed E-state index contributed by atoms with van der Waals surface area (Å²) in [5.41, 5.74) is 6.46. The summed E-state index contributed by atoms with van der Waals surface area (Å²) in [6.45, 7) is 18.0. The quantitative estimate of drug-likeness (QED) is 0.460. The molecule has 2 fully saturated rings. The van der Waals surface area contributed by atoms with Crippen molar-refractivity contribution < 1.29 is 0 Å². The first kappa shape index (κ1) is 25.4. The Bertz CT molecular complexity index is 752. The van der Waals surface area contributed by atoms with Gasteiger partial charge in [0, 0.05) is 56.2 Å². The highest BCUT2D eigenvalue weighted by atomic mass is 35.5. The average molecular weight is 460 g/mol. The molecule has 32 heavy (non-hydrogen) atoms. The van der Waals surface area contributed by atoms with Crippen molar-refractivity contribution in [2.75, 3.05) is 55.6 Å². The lowest BCUT2D eigenvalue weighted by atomic mass is 9.72. The first-order valence-electron chi connectivity index (χ1n) is 13.0. The van der Waals surface area contributed by atoms with Crippen LogP contribution in [0.4, 0.5) is 11.4 Å². The smallest absolute Gasteiger partial charge is 0.0464 e. The van der Waals surface area contributed by atoms with E-state index in [4.69, 9.17) is 0 Å². The van der Waals surface area contributed by atoms with Crippen LogP contribution in [0.25, 0.3) is 5.57 Å². The van der Waals surface area contributed by atoms with Crippen molar-refractivity contribution in [3.63, 3.8) is 0 Å². The van der Waals surface area contributed by atoms with Crippen molar-refractivity contribution in [2.45, 2.75) is 72.6 Å². The summed E-state index contributed by atoms with van der Waals surface area (Å²) in [5, 5.41) is 0. The Labute approximate surface area is 203 Å². The van der Waals surface area contributed by atoms with Crippen molar-refractivity contribution in [2.24, 2.45) is 11.3 Å². The van der Waals surface area contributed by atoms with Crippen LogP contribution in [0.3, 0.4) is 0 Å². The molecule has 1 aromatic rings. The highest BCUT2D eigenvalue weighted by molar-refractivity contribution is 5.85. The Kier molecular flexibility index (Phi) is 8.97. The van der Waals surface area contributed by atoms with E-state index in [-0.39, 0.29) is 12.4 Å². The normalized spacial score (nSPS) is 22.6. The summed E-state index contributed by atoms with van der Waals surface area (Å²) >= 11 is 0. The number of unbranched alkanes of at least 4 members (excludes halogenated alkanes) is 1. The van der Waals surface area contributed by atoms with Gasteiger partial charge in [-0.3, -0.25) is 4.90 Å². The van der Waals surface area contributed by atoms with Crippen LogP contribution < -0.4 is 9.80 Å². The van der Waals surface area contributed by atoms with Gasteiger partial charge in [0.25, 0.3) is 0 Å². The molecule has 2 heterocycles. The largest absolute Gasteiger partial charge is 0.371 e. The molecule has 1 aromatic carbocycles. The number of hydrogen-bond donors (Lipinski definition) is 0. The standard InChI is InChI=1S/C28H45N3.ClH/c1-5-6-15-29-18-20-31(21-19-29)27-22-25(30-16-7-8-17-30)13-14-26(27)23-9-11-24(12-10-23)28(2,3)4;/h9,13-14,22,24H,5-8,10-12,15-21H2,1-4H3;1H. The second kappa shape index (κ2) is 11.3. The fourth-order valence-electron chi connectivity index (χ4n) is 5.68. The monoisotopic (exact) mass is 459 g/mol. The summed E-state index contributed by atoms with van der Waals surface area (Å²) in [7, 11) is 0. The second-order valence-electron chi connectivity index (χ2n) is 11.1. The summed E-state index contributed by atoms with van der Waals surface area (Å²) in [6, 6.07) is 7.38. The Balaban J connectivity index is 0.00000289. The summed E-state index contributed by atoms with van der Waals surface area (Å²) in [5.74, 6) is 0.811. The van der Waals surface area contributed by atoms with Gasteiger partial charge in [-0.25, -0.2) is 0 Å². The fraction of sp³-hybridized carbons (Fsp3) is 0.714. The van der Waals surface area contributed by atoms with E-state index in [2.05, 4.69) is 66.7 Å². The molecule has 4 rings (SSSR count). The third-order valence-corrected chi connectivity index (χ3v) is 7.98. The van der Waals surface area contributed by atoms with Crippen LogP contribution >= 0.6 is 12.4 Å². The van der Waals surface area contributed by atoms with E-state index in [0.29, 0.717) is 5.41 Å². The zero-order chi connectivity index (χ0) is 21.8. The number of hydrogen-bond acceptors (Lipinski definition) is 3. The molecule has 0 amide bonds. The molecule has 4 heteroatoms. The van der Waals surface area contributed by atoms with Gasteiger partial charge < -0.3 is 9.80 Å². The number of anilines is 2. The summed E-state index contributed by atoms with van der Waals surface area (Å²) < 4.78 is 0. The predicted molar refractivity (Wildman–Crippen MR) is 143 cm³/mol. The van der Waals surface area contributed by atoms with E-state index in [9.17, 15) is 0 Å². The van der Waals surface area contributed by atoms with Crippen molar-refractivity contribution >= 4 is 29.4 Å². The van der Waals surface area contributed by atoms with E-state index in [0.717, 1.165) is 19.0 Å². The van der Waals surface area contributed by atoms with Crippen molar-refractivity contribution in [3.05, 3.63) is 29.8 Å². The number of rotatable bonds is 6. The van der Waals surface area contributed by atoms with Gasteiger partial charge in [-0.2, -0.15) is 0 Å². The van der Waals surface area contributed by atoms with Crippen LogP contribution in [-0.2, 0) is 0 Å². The van der Waals surface area contributed by atoms with E-state index in [1.54, 1.807) is 5.57 Å². The van der Waals surface area contributed by atoms with Gasteiger partial charge in [-0.15, -0.1) is 12.4 Å². The molecular weight excluding hydrogens is 414 g/mol. The van der Waals surface area contributed by atoms with Crippen LogP contribution in [0.5, 0.6) is 0 Å². The SMILES string of the molecule is CCCCN1CCN(c2cc(N3CCCC3)ccc2C2=CCC(C(C)(C)C)CC2)CC1.Cl. The van der Waals surface area contributed by atoms with Gasteiger partial charge in [0.15, 0.2) is 0 Å². The Morgan fingerprint density at radius 3 is 2.25 bits per heavy atom. The molecular formula is C28H46ClN3. The molecule has 1 unspecified atom stereocenters. The van der Waals surface area contributed by atoms with E-state index in [1.165, 1.54) is 94.6 Å². The van der Waals surface area contributed by atoms with Gasteiger partial charge in [-0.1, -0.05) is 46.3 Å². The Morgan fingerprint density at radius 2 is 1.66 bits per heavy atom. The Hall–Kier alpha value is -1.19. The lowest BCUT2D eigenvalue weighted by molar-refractivity contribution is 0.225. The van der Waals surface area contributed by atoms with Crippen LogP contribution in [0, 0.1) is 11.3 Å². The lowest BCUT2D eigenvalue weighted by Gasteiger charge is -2.38. The van der Waals surface area contributed by atoms with Crippen LogP contribution in [0.1, 0.15) is 78.2 Å². The molecule has 2 saturated heterocycles. The molecule has 0 saturated carbocycles. The molecule has 1 atom stereocenters. The molecule has 0 radical (unpaired) electrons. The van der Waals surface area contributed by atoms with Crippen LogP contribution in [-0.4, -0.2) is 50.7 Å². The average Bonchev–Trinajstić information content (AvgIpc) is 3.32. The lowest BCUT2D eigenvalue weighted by Crippen LogP contribution is -2.47. The third-order valence-electron chi connectivity index (χ3n) is 7.98. The number of piperazine rings is 1. The van der Waals surface area contributed by atoms with Gasteiger partial charge in [0.05, 0.1) is 0 Å². The van der Waals surface area contributed by atoms with Crippen LogP contribution in [0.15, 0.2) is 24.3 Å². The predicted octanol–water partition coefficient (Wildman–Crippen LogP) is 6.86. The molecule has 3 aliphatic rings. The molecule has 0 spiro atoms. The highest BCUT2D eigenvalue weighted by Crippen LogP contribution is 2.42. The van der Waals surface area contributed by atoms with Gasteiger partial charge in [0.1, 0.15) is 0 Å². The minimum Gasteiger partial charge on any atom is -0.371 e. The number of nitrogens with zero attached hydrogens (tertiary/aromatic N) is 3. The van der Waals surface area contributed by atoms with E-state index < -0.39 is 0 Å². The molecule has 1 aliphatic carbocycles. The molecule has 3 nitrogen and oxygen atoms in total. The van der Waals surface area contributed by atoms with E-state index >= 15 is 0 Å². The topological polar surface area (TPSA) is 9.72 Å². The minimum atomic E-state index is 0. The fourth-order valence-corrected chi connectivity index (χ4v) is 5.68. The van der Waals surface area contributed by atoms with Crippen LogP contribution in [0.2, 0.25) is 0 Å². The minimum absolute atomic E-state index is 0. The molecule has 0 bridgehead atoms. The van der Waals surface area contributed by atoms with Crippen molar-refractivity contribution in [1.29, 1.82) is 0 Å². The zero-order valence-corrected chi connectivity index (χ0v) is 21.9. The number of allylic oxidation sites excluding steroid dienone is 2. The van der Waals surface area contributed by atoms with Gasteiger partial charge in [-0.05, 0) is 74.1 Å². The zero-order valence-electron chi connectivity index (χ0n) is 21.0. The van der Waals surface area contributed by atoms with E-state index in [1.807, 2.05) is 0 Å². The summed E-state index contributed by atoms with van der Waals surface area (Å²) in [6.07, 6.45) is 11.7. The molecule has 0 N–H and O–H groups in total. The Morgan fingerprint density at radius 1 is 0.938 bits per heavy atom.